The van der Waals surface area contributed by atoms with Gasteiger partial charge in [0.1, 0.15) is 0 Å². The molecule has 2 N–H and O–H groups in total. The Morgan fingerprint density at radius 2 is 2.20 bits per heavy atom. The van der Waals surface area contributed by atoms with Gasteiger partial charge in [-0.2, -0.15) is 0 Å². The molecule has 3 heteroatoms. The number of piperidine rings is 2. The predicted molar refractivity (Wildman–Crippen MR) is 61.9 cm³/mol. The van der Waals surface area contributed by atoms with Crippen LogP contribution in [0.3, 0.4) is 0 Å². The zero-order chi connectivity index (χ0) is 10.5. The van der Waals surface area contributed by atoms with Crippen molar-refractivity contribution in [3.05, 3.63) is 0 Å². The highest BCUT2D eigenvalue weighted by Gasteiger charge is 2.19. The second-order valence-electron chi connectivity index (χ2n) is 5.10. The van der Waals surface area contributed by atoms with Crippen LogP contribution in [-0.4, -0.2) is 48.8 Å². The number of likely N-dealkylation sites (tertiary alicyclic amines) is 1. The monoisotopic (exact) mass is 212 g/mol. The number of nitrogens with one attached hydrogen (secondary N) is 1. The van der Waals surface area contributed by atoms with Gasteiger partial charge in [-0.15, -0.1) is 0 Å². The third-order valence-electron chi connectivity index (χ3n) is 3.73. The molecule has 2 heterocycles. The van der Waals surface area contributed by atoms with Crippen molar-refractivity contribution >= 4 is 0 Å². The summed E-state index contributed by atoms with van der Waals surface area (Å²) in [5, 5.41) is 13.0. The average Bonchev–Trinajstić information content (AvgIpc) is 2.28. The van der Waals surface area contributed by atoms with Gasteiger partial charge in [0.2, 0.25) is 0 Å². The van der Waals surface area contributed by atoms with Gasteiger partial charge in [0, 0.05) is 6.54 Å². The van der Waals surface area contributed by atoms with E-state index in [0.717, 1.165) is 18.9 Å². The number of β-amino-alcohol motifs (C(OH)–C–C–N with tert-alkyl or cyclic N) is 1. The molecule has 88 valence electrons. The van der Waals surface area contributed by atoms with Crippen molar-refractivity contribution in [2.24, 2.45) is 5.92 Å². The summed E-state index contributed by atoms with van der Waals surface area (Å²) in [6.07, 6.45) is 6.14. The van der Waals surface area contributed by atoms with E-state index in [0.29, 0.717) is 0 Å². The van der Waals surface area contributed by atoms with Gasteiger partial charge < -0.3 is 15.3 Å². The summed E-state index contributed by atoms with van der Waals surface area (Å²) in [6, 6.07) is 0. The highest BCUT2D eigenvalue weighted by Crippen LogP contribution is 2.16. The molecule has 0 radical (unpaired) electrons. The van der Waals surface area contributed by atoms with Crippen LogP contribution >= 0.6 is 0 Å². The van der Waals surface area contributed by atoms with Gasteiger partial charge in [-0.25, -0.2) is 0 Å². The number of aliphatic hydroxyl groups is 1. The SMILES string of the molecule is OC1CCCN(CCC2CCCNC2)C1. The van der Waals surface area contributed by atoms with Crippen LogP contribution in [0.15, 0.2) is 0 Å². The minimum atomic E-state index is -0.0665. The fraction of sp³-hybridized carbons (Fsp3) is 1.00. The molecule has 0 bridgehead atoms. The van der Waals surface area contributed by atoms with Crippen LogP contribution in [0.2, 0.25) is 0 Å². The van der Waals surface area contributed by atoms with Gasteiger partial charge in [0.25, 0.3) is 0 Å². The lowest BCUT2D eigenvalue weighted by Gasteiger charge is -2.32. The minimum absolute atomic E-state index is 0.0665. The van der Waals surface area contributed by atoms with E-state index in [1.54, 1.807) is 0 Å². The first-order chi connectivity index (χ1) is 7.34. The van der Waals surface area contributed by atoms with E-state index in [1.807, 2.05) is 0 Å². The van der Waals surface area contributed by atoms with Gasteiger partial charge in [0.05, 0.1) is 6.10 Å². The van der Waals surface area contributed by atoms with E-state index in [2.05, 4.69) is 10.2 Å². The van der Waals surface area contributed by atoms with Crippen LogP contribution < -0.4 is 5.32 Å². The Bertz CT molecular complexity index is 180. The second kappa shape index (κ2) is 5.83. The van der Waals surface area contributed by atoms with Gasteiger partial charge in [-0.3, -0.25) is 0 Å². The molecule has 0 aromatic carbocycles. The molecule has 2 aliphatic rings. The van der Waals surface area contributed by atoms with Crippen LogP contribution in [0.1, 0.15) is 32.1 Å². The zero-order valence-corrected chi connectivity index (χ0v) is 9.62. The molecule has 2 saturated heterocycles. The summed E-state index contributed by atoms with van der Waals surface area (Å²) in [5.41, 5.74) is 0. The zero-order valence-electron chi connectivity index (χ0n) is 9.62. The topological polar surface area (TPSA) is 35.5 Å². The van der Waals surface area contributed by atoms with Crippen LogP contribution in [-0.2, 0) is 0 Å². The standard InChI is InChI=1S/C12H24N2O/c15-12-4-2-7-14(10-12)8-5-11-3-1-6-13-9-11/h11-13,15H,1-10H2. The maximum absolute atomic E-state index is 9.56. The quantitative estimate of drug-likeness (QED) is 0.727. The Hall–Kier alpha value is -0.120. The normalized spacial score (nSPS) is 34.2. The largest absolute Gasteiger partial charge is 0.392 e. The van der Waals surface area contributed by atoms with Crippen molar-refractivity contribution < 1.29 is 5.11 Å². The minimum Gasteiger partial charge on any atom is -0.392 e. The fourth-order valence-electron chi connectivity index (χ4n) is 2.77. The third-order valence-corrected chi connectivity index (χ3v) is 3.73. The lowest BCUT2D eigenvalue weighted by atomic mass is 9.95. The van der Waals surface area contributed by atoms with Crippen LogP contribution in [0.5, 0.6) is 0 Å². The van der Waals surface area contributed by atoms with Crippen LogP contribution in [0.4, 0.5) is 0 Å². The van der Waals surface area contributed by atoms with Crippen molar-refractivity contribution in [3.63, 3.8) is 0 Å². The maximum atomic E-state index is 9.56. The molecule has 3 nitrogen and oxygen atoms in total. The molecular formula is C12H24N2O. The van der Waals surface area contributed by atoms with Crippen molar-refractivity contribution in [1.82, 2.24) is 10.2 Å². The van der Waals surface area contributed by atoms with Crippen molar-refractivity contribution in [1.29, 1.82) is 0 Å². The molecule has 2 aliphatic heterocycles. The van der Waals surface area contributed by atoms with Gasteiger partial charge >= 0.3 is 0 Å². The molecule has 0 spiro atoms. The fourth-order valence-corrected chi connectivity index (χ4v) is 2.77. The number of aliphatic hydroxyl groups excluding tert-OH is 1. The van der Waals surface area contributed by atoms with Gasteiger partial charge in [0.15, 0.2) is 0 Å². The van der Waals surface area contributed by atoms with E-state index in [4.69, 9.17) is 0 Å². The first-order valence-electron chi connectivity index (χ1n) is 6.46. The highest BCUT2D eigenvalue weighted by molar-refractivity contribution is 4.75. The van der Waals surface area contributed by atoms with Gasteiger partial charge in [-0.05, 0) is 64.2 Å². The molecule has 0 amide bonds. The Morgan fingerprint density at radius 1 is 1.27 bits per heavy atom. The Balaban J connectivity index is 1.63. The molecule has 2 unspecified atom stereocenters. The summed E-state index contributed by atoms with van der Waals surface area (Å²) in [4.78, 5) is 2.43. The first kappa shape index (κ1) is 11.4. The number of rotatable bonds is 3. The first-order valence-corrected chi connectivity index (χ1v) is 6.46. The molecule has 2 rings (SSSR count). The van der Waals surface area contributed by atoms with Gasteiger partial charge in [-0.1, -0.05) is 0 Å². The van der Waals surface area contributed by atoms with Crippen molar-refractivity contribution in [2.45, 2.75) is 38.2 Å². The summed E-state index contributed by atoms with van der Waals surface area (Å²) in [5.74, 6) is 0.873. The van der Waals surface area contributed by atoms with Crippen molar-refractivity contribution in [2.75, 3.05) is 32.7 Å². The Morgan fingerprint density at radius 3 is 2.93 bits per heavy atom. The van der Waals surface area contributed by atoms with Crippen LogP contribution in [0.25, 0.3) is 0 Å². The van der Waals surface area contributed by atoms with Crippen molar-refractivity contribution in [3.8, 4) is 0 Å². The molecule has 2 atom stereocenters. The van der Waals surface area contributed by atoms with E-state index >= 15 is 0 Å². The van der Waals surface area contributed by atoms with E-state index in [9.17, 15) is 5.11 Å². The maximum Gasteiger partial charge on any atom is 0.0667 e. The van der Waals surface area contributed by atoms with E-state index in [1.165, 1.54) is 51.9 Å². The molecule has 0 aromatic heterocycles. The summed E-state index contributed by atoms with van der Waals surface area (Å²) >= 11 is 0. The molecular weight excluding hydrogens is 188 g/mol. The third kappa shape index (κ3) is 3.74. The van der Waals surface area contributed by atoms with Crippen LogP contribution in [0, 0.1) is 5.92 Å². The predicted octanol–water partition coefficient (Wildman–Crippen LogP) is 0.833. The smallest absolute Gasteiger partial charge is 0.0667 e. The highest BCUT2D eigenvalue weighted by atomic mass is 16.3. The summed E-state index contributed by atoms with van der Waals surface area (Å²) in [7, 11) is 0. The molecule has 15 heavy (non-hydrogen) atoms. The molecule has 2 fully saturated rings. The molecule has 0 saturated carbocycles. The molecule has 0 aromatic rings. The number of hydrogen-bond donors (Lipinski definition) is 2. The Kier molecular flexibility index (Phi) is 4.42. The molecule has 0 aliphatic carbocycles. The lowest BCUT2D eigenvalue weighted by molar-refractivity contribution is 0.0668. The van der Waals surface area contributed by atoms with E-state index in [-0.39, 0.29) is 6.10 Å². The summed E-state index contributed by atoms with van der Waals surface area (Å²) < 4.78 is 0. The Labute approximate surface area is 92.8 Å². The second-order valence-corrected chi connectivity index (χ2v) is 5.10. The summed E-state index contributed by atoms with van der Waals surface area (Å²) in [6.45, 7) is 5.69. The average molecular weight is 212 g/mol. The number of hydrogen-bond acceptors (Lipinski definition) is 3. The van der Waals surface area contributed by atoms with E-state index < -0.39 is 0 Å². The number of nitrogens with zero attached hydrogens (tertiary/aromatic N) is 1. The lowest BCUT2D eigenvalue weighted by Crippen LogP contribution is -2.40.